The van der Waals surface area contributed by atoms with E-state index in [1.807, 2.05) is 60.7 Å². The van der Waals surface area contributed by atoms with Gasteiger partial charge in [-0.25, -0.2) is 0 Å². The lowest BCUT2D eigenvalue weighted by Crippen LogP contribution is -2.15. The Balaban J connectivity index is 1.76. The predicted octanol–water partition coefficient (Wildman–Crippen LogP) is 4.95. The number of hydrogen-bond acceptors (Lipinski definition) is 5. The molecule has 3 aromatic rings. The Morgan fingerprint density at radius 1 is 0.769 bits per heavy atom. The van der Waals surface area contributed by atoms with Crippen molar-refractivity contribution >= 4 is 11.4 Å². The second-order valence-corrected chi connectivity index (χ2v) is 5.90. The summed E-state index contributed by atoms with van der Waals surface area (Å²) in [5.41, 5.74) is 2.69. The number of benzene rings is 3. The molecule has 0 amide bonds. The number of aliphatic hydroxyl groups excluding tert-OH is 1. The van der Waals surface area contributed by atoms with Crippen LogP contribution in [-0.4, -0.2) is 18.3 Å². The Bertz CT molecular complexity index is 911. The van der Waals surface area contributed by atoms with Gasteiger partial charge in [0.05, 0.1) is 11.4 Å². The zero-order valence-electron chi connectivity index (χ0n) is 14.1. The van der Waals surface area contributed by atoms with Crippen LogP contribution in [0.15, 0.2) is 83.0 Å². The van der Waals surface area contributed by atoms with E-state index >= 15 is 0 Å². The van der Waals surface area contributed by atoms with Crippen molar-refractivity contribution in [1.82, 2.24) is 0 Å². The van der Waals surface area contributed by atoms with Gasteiger partial charge in [0.1, 0.15) is 19.3 Å². The lowest BCUT2D eigenvalue weighted by Gasteiger charge is -2.21. The first kappa shape index (κ1) is 16.3. The number of ether oxygens (including phenoxy) is 2. The van der Waals surface area contributed by atoms with Crippen LogP contribution >= 0.6 is 0 Å². The fourth-order valence-corrected chi connectivity index (χ4v) is 2.82. The molecule has 0 saturated heterocycles. The summed E-state index contributed by atoms with van der Waals surface area (Å²) in [5.74, 6) is 1.22. The van der Waals surface area contributed by atoms with E-state index in [0.717, 1.165) is 11.3 Å². The summed E-state index contributed by atoms with van der Waals surface area (Å²) in [7, 11) is 0. The minimum absolute atomic E-state index is 0.485. The van der Waals surface area contributed by atoms with Crippen LogP contribution in [0.1, 0.15) is 17.2 Å². The summed E-state index contributed by atoms with van der Waals surface area (Å²) in [5, 5.41) is 19.5. The number of nitrogens with zero attached hydrogens (tertiary/aromatic N) is 2. The Kier molecular flexibility index (Phi) is 4.62. The molecule has 1 aliphatic heterocycles. The number of hydrogen-bond donors (Lipinski definition) is 1. The molecule has 4 rings (SSSR count). The third-order valence-electron chi connectivity index (χ3n) is 4.13. The van der Waals surface area contributed by atoms with Crippen LogP contribution in [0.3, 0.4) is 0 Å². The Morgan fingerprint density at radius 3 is 2.08 bits per heavy atom. The normalized spacial score (nSPS) is 14.3. The minimum Gasteiger partial charge on any atom is -0.486 e. The van der Waals surface area contributed by atoms with Crippen molar-refractivity contribution in [2.24, 2.45) is 10.2 Å². The zero-order valence-corrected chi connectivity index (χ0v) is 14.1. The second-order valence-electron chi connectivity index (χ2n) is 5.90. The molecule has 0 fully saturated rings. The summed E-state index contributed by atoms with van der Waals surface area (Å²) >= 11 is 0. The van der Waals surface area contributed by atoms with E-state index in [-0.39, 0.29) is 0 Å². The molecule has 1 aliphatic rings. The van der Waals surface area contributed by atoms with Crippen molar-refractivity contribution in [2.45, 2.75) is 6.10 Å². The molecular formula is C21H18N2O3. The summed E-state index contributed by atoms with van der Waals surface area (Å²) < 4.78 is 11.3. The maximum Gasteiger partial charge on any atom is 0.163 e. The summed E-state index contributed by atoms with van der Waals surface area (Å²) in [6.07, 6.45) is -0.836. The quantitative estimate of drug-likeness (QED) is 0.680. The van der Waals surface area contributed by atoms with Gasteiger partial charge >= 0.3 is 0 Å². The highest BCUT2D eigenvalue weighted by molar-refractivity contribution is 5.60. The molecule has 1 heterocycles. The van der Waals surface area contributed by atoms with Crippen LogP contribution in [0.5, 0.6) is 11.5 Å². The van der Waals surface area contributed by atoms with Gasteiger partial charge < -0.3 is 14.6 Å². The molecule has 1 atom stereocenters. The molecule has 0 unspecified atom stereocenters. The lowest BCUT2D eigenvalue weighted by molar-refractivity contribution is 0.170. The lowest BCUT2D eigenvalue weighted by atomic mass is 9.99. The van der Waals surface area contributed by atoms with Gasteiger partial charge in [0.25, 0.3) is 0 Å². The van der Waals surface area contributed by atoms with E-state index in [1.165, 1.54) is 0 Å². The van der Waals surface area contributed by atoms with Crippen molar-refractivity contribution in [3.8, 4) is 11.5 Å². The molecule has 0 aliphatic carbocycles. The van der Waals surface area contributed by atoms with E-state index in [0.29, 0.717) is 36.0 Å². The molecule has 130 valence electrons. The smallest absolute Gasteiger partial charge is 0.163 e. The third kappa shape index (κ3) is 3.43. The Morgan fingerprint density at radius 2 is 1.38 bits per heavy atom. The number of fused-ring (bicyclic) bond motifs is 1. The first-order chi connectivity index (χ1) is 12.8. The minimum atomic E-state index is -0.836. The first-order valence-corrected chi connectivity index (χ1v) is 8.44. The van der Waals surface area contributed by atoms with E-state index in [9.17, 15) is 5.11 Å². The highest BCUT2D eigenvalue weighted by Crippen LogP contribution is 2.41. The van der Waals surface area contributed by atoms with Gasteiger partial charge in [-0.15, -0.1) is 0 Å². The summed E-state index contributed by atoms with van der Waals surface area (Å²) in [6, 6.07) is 22.5. The number of aliphatic hydroxyl groups is 1. The van der Waals surface area contributed by atoms with Crippen molar-refractivity contribution < 1.29 is 14.6 Å². The molecule has 0 spiro atoms. The molecule has 1 N–H and O–H groups in total. The van der Waals surface area contributed by atoms with E-state index in [2.05, 4.69) is 10.2 Å². The van der Waals surface area contributed by atoms with Gasteiger partial charge in [0.15, 0.2) is 11.5 Å². The standard InChI is InChI=1S/C21H18N2O3/c24-21(15-7-3-1-4-8-15)17-13-19-20(26-12-11-25-19)14-18(17)23-22-16-9-5-2-6-10-16/h1-10,13-14,21,24H,11-12H2/t21-/m1/s1. The van der Waals surface area contributed by atoms with Gasteiger partial charge in [0.2, 0.25) is 0 Å². The van der Waals surface area contributed by atoms with Crippen molar-refractivity contribution in [3.05, 3.63) is 83.9 Å². The maximum atomic E-state index is 10.9. The van der Waals surface area contributed by atoms with Gasteiger partial charge in [-0.1, -0.05) is 48.5 Å². The second kappa shape index (κ2) is 7.37. The molecule has 5 heteroatoms. The fourth-order valence-electron chi connectivity index (χ4n) is 2.82. The van der Waals surface area contributed by atoms with Crippen LogP contribution in [0, 0.1) is 0 Å². The van der Waals surface area contributed by atoms with Crippen LogP contribution in [0.25, 0.3) is 0 Å². The van der Waals surface area contributed by atoms with Crippen LogP contribution in [0.2, 0.25) is 0 Å². The topological polar surface area (TPSA) is 63.4 Å². The van der Waals surface area contributed by atoms with E-state index < -0.39 is 6.10 Å². The molecule has 26 heavy (non-hydrogen) atoms. The Labute approximate surface area is 151 Å². The van der Waals surface area contributed by atoms with Gasteiger partial charge in [-0.3, -0.25) is 0 Å². The molecule has 3 aromatic carbocycles. The van der Waals surface area contributed by atoms with Crippen LogP contribution < -0.4 is 9.47 Å². The largest absolute Gasteiger partial charge is 0.486 e. The van der Waals surface area contributed by atoms with Crippen molar-refractivity contribution in [2.75, 3.05) is 13.2 Å². The monoisotopic (exact) mass is 346 g/mol. The highest BCUT2D eigenvalue weighted by Gasteiger charge is 2.21. The number of rotatable bonds is 4. The molecule has 5 nitrogen and oxygen atoms in total. The zero-order chi connectivity index (χ0) is 17.8. The van der Waals surface area contributed by atoms with Gasteiger partial charge in [-0.05, 0) is 23.8 Å². The van der Waals surface area contributed by atoms with Crippen LogP contribution in [0.4, 0.5) is 11.4 Å². The van der Waals surface area contributed by atoms with Crippen molar-refractivity contribution in [1.29, 1.82) is 0 Å². The van der Waals surface area contributed by atoms with Gasteiger partial charge in [0, 0.05) is 11.6 Å². The average Bonchev–Trinajstić information content (AvgIpc) is 2.72. The fraction of sp³-hybridized carbons (Fsp3) is 0.143. The molecule has 0 radical (unpaired) electrons. The SMILES string of the molecule is O[C@H](c1ccccc1)c1cc2c(cc1N=Nc1ccccc1)OCCO2. The van der Waals surface area contributed by atoms with E-state index in [4.69, 9.17) is 9.47 Å². The van der Waals surface area contributed by atoms with E-state index in [1.54, 1.807) is 12.1 Å². The third-order valence-corrected chi connectivity index (χ3v) is 4.13. The molecular weight excluding hydrogens is 328 g/mol. The molecule has 0 saturated carbocycles. The van der Waals surface area contributed by atoms with Crippen molar-refractivity contribution in [3.63, 3.8) is 0 Å². The summed E-state index contributed by atoms with van der Waals surface area (Å²) in [6.45, 7) is 0.974. The highest BCUT2D eigenvalue weighted by atomic mass is 16.6. The maximum absolute atomic E-state index is 10.9. The summed E-state index contributed by atoms with van der Waals surface area (Å²) in [4.78, 5) is 0. The predicted molar refractivity (Wildman–Crippen MR) is 98.6 cm³/mol. The first-order valence-electron chi connectivity index (χ1n) is 8.44. The Hall–Kier alpha value is -3.18. The number of azo groups is 1. The molecule has 0 bridgehead atoms. The average molecular weight is 346 g/mol. The van der Waals surface area contributed by atoms with Gasteiger partial charge in [-0.2, -0.15) is 10.2 Å². The van der Waals surface area contributed by atoms with Crippen LogP contribution in [-0.2, 0) is 0 Å². The molecule has 0 aromatic heterocycles.